The summed E-state index contributed by atoms with van der Waals surface area (Å²) >= 11 is 0. The maximum absolute atomic E-state index is 13.6. The summed E-state index contributed by atoms with van der Waals surface area (Å²) in [6.07, 6.45) is 0. The van der Waals surface area contributed by atoms with E-state index in [1.54, 1.807) is 6.92 Å². The molecule has 0 aliphatic carbocycles. The largest absolute Gasteiger partial charge is 0.371 e. The van der Waals surface area contributed by atoms with Crippen LogP contribution in [0, 0.1) is 24.5 Å². The van der Waals surface area contributed by atoms with E-state index in [1.807, 2.05) is 13.8 Å². The molecule has 0 aliphatic rings. The Morgan fingerprint density at radius 2 is 2.00 bits per heavy atom. The first kappa shape index (κ1) is 14.4. The van der Waals surface area contributed by atoms with Gasteiger partial charge in [-0.05, 0) is 24.5 Å². The molecule has 100 valence electrons. The lowest BCUT2D eigenvalue weighted by Gasteiger charge is -2.11. The van der Waals surface area contributed by atoms with Gasteiger partial charge in [-0.25, -0.2) is 8.78 Å². The number of hydrogen-bond donors (Lipinski definition) is 2. The van der Waals surface area contributed by atoms with Crippen LogP contribution in [0.4, 0.5) is 14.5 Å². The van der Waals surface area contributed by atoms with Crippen LogP contribution < -0.4 is 10.6 Å². The minimum absolute atomic E-state index is 0.149. The van der Waals surface area contributed by atoms with Crippen molar-refractivity contribution in [2.24, 2.45) is 5.92 Å². The quantitative estimate of drug-likeness (QED) is 0.849. The predicted octanol–water partition coefficient (Wildman–Crippen LogP) is 2.46. The average Bonchev–Trinajstić information content (AvgIpc) is 2.31. The molecule has 2 N–H and O–H groups in total. The molecule has 1 amide bonds. The molecule has 5 heteroatoms. The van der Waals surface area contributed by atoms with Crippen molar-refractivity contribution >= 4 is 11.6 Å². The van der Waals surface area contributed by atoms with Crippen LogP contribution in [-0.4, -0.2) is 19.0 Å². The second-order valence-electron chi connectivity index (χ2n) is 4.60. The molecule has 0 fully saturated rings. The number of nitrogens with one attached hydrogen (secondary N) is 2. The van der Waals surface area contributed by atoms with E-state index in [0.29, 0.717) is 18.0 Å². The van der Waals surface area contributed by atoms with Gasteiger partial charge in [0, 0.05) is 6.54 Å². The minimum atomic E-state index is -0.699. The van der Waals surface area contributed by atoms with Gasteiger partial charge in [-0.1, -0.05) is 19.9 Å². The Morgan fingerprint density at radius 1 is 1.33 bits per heavy atom. The standard InChI is InChI=1S/C13H18F2N2O/c1-8(2)6-16-11(18)7-17-13-10(14)5-4-9(3)12(13)15/h4-5,8,17H,6-7H2,1-3H3,(H,16,18). The highest BCUT2D eigenvalue weighted by molar-refractivity contribution is 5.80. The molecule has 0 aliphatic heterocycles. The zero-order chi connectivity index (χ0) is 13.7. The molecule has 0 heterocycles. The van der Waals surface area contributed by atoms with Gasteiger partial charge in [0.2, 0.25) is 5.91 Å². The lowest BCUT2D eigenvalue weighted by Crippen LogP contribution is -2.32. The molecule has 1 aromatic carbocycles. The Kier molecular flexibility index (Phi) is 5.07. The highest BCUT2D eigenvalue weighted by Gasteiger charge is 2.12. The number of carbonyl (C=O) groups excluding carboxylic acids is 1. The van der Waals surface area contributed by atoms with E-state index < -0.39 is 11.6 Å². The van der Waals surface area contributed by atoms with Crippen molar-refractivity contribution < 1.29 is 13.6 Å². The summed E-state index contributed by atoms with van der Waals surface area (Å²) in [4.78, 5) is 11.4. The molecule has 3 nitrogen and oxygen atoms in total. The Bertz CT molecular complexity index is 433. The summed E-state index contributed by atoms with van der Waals surface area (Å²) in [6, 6.07) is 2.53. The van der Waals surface area contributed by atoms with E-state index in [0.717, 1.165) is 0 Å². The van der Waals surface area contributed by atoms with Crippen LogP contribution in [0.15, 0.2) is 12.1 Å². The van der Waals surface area contributed by atoms with E-state index in [-0.39, 0.29) is 18.1 Å². The van der Waals surface area contributed by atoms with Gasteiger partial charge in [0.25, 0.3) is 0 Å². The number of amides is 1. The molecule has 0 bridgehead atoms. The maximum atomic E-state index is 13.6. The molecule has 0 saturated heterocycles. The van der Waals surface area contributed by atoms with Gasteiger partial charge in [0.1, 0.15) is 11.5 Å². The van der Waals surface area contributed by atoms with Crippen molar-refractivity contribution in [1.29, 1.82) is 0 Å². The fraction of sp³-hybridized carbons (Fsp3) is 0.462. The van der Waals surface area contributed by atoms with Crippen LogP contribution in [0.5, 0.6) is 0 Å². The number of anilines is 1. The highest BCUT2D eigenvalue weighted by Crippen LogP contribution is 2.21. The highest BCUT2D eigenvalue weighted by atomic mass is 19.1. The topological polar surface area (TPSA) is 41.1 Å². The van der Waals surface area contributed by atoms with Crippen molar-refractivity contribution in [3.63, 3.8) is 0 Å². The van der Waals surface area contributed by atoms with Crippen LogP contribution in [-0.2, 0) is 4.79 Å². The molecule has 0 unspecified atom stereocenters. The van der Waals surface area contributed by atoms with E-state index >= 15 is 0 Å². The van der Waals surface area contributed by atoms with Crippen molar-refractivity contribution in [1.82, 2.24) is 5.32 Å². The zero-order valence-corrected chi connectivity index (χ0v) is 10.8. The predicted molar refractivity (Wildman–Crippen MR) is 67.4 cm³/mol. The second kappa shape index (κ2) is 6.33. The molecule has 0 aromatic heterocycles. The number of carbonyl (C=O) groups is 1. The third-order valence-electron chi connectivity index (χ3n) is 2.42. The molecule has 0 atom stereocenters. The van der Waals surface area contributed by atoms with E-state index in [2.05, 4.69) is 10.6 Å². The maximum Gasteiger partial charge on any atom is 0.239 e. The Balaban J connectivity index is 2.58. The van der Waals surface area contributed by atoms with Gasteiger partial charge in [-0.2, -0.15) is 0 Å². The van der Waals surface area contributed by atoms with Gasteiger partial charge >= 0.3 is 0 Å². The van der Waals surface area contributed by atoms with Crippen molar-refractivity contribution in [3.05, 3.63) is 29.3 Å². The Labute approximate surface area is 106 Å². The van der Waals surface area contributed by atoms with E-state index in [4.69, 9.17) is 0 Å². The van der Waals surface area contributed by atoms with Gasteiger partial charge in [0.15, 0.2) is 5.82 Å². The van der Waals surface area contributed by atoms with Crippen molar-refractivity contribution in [3.8, 4) is 0 Å². The first-order valence-electron chi connectivity index (χ1n) is 5.87. The lowest BCUT2D eigenvalue weighted by atomic mass is 10.2. The number of hydrogen-bond acceptors (Lipinski definition) is 2. The smallest absolute Gasteiger partial charge is 0.239 e. The van der Waals surface area contributed by atoms with Gasteiger partial charge in [0.05, 0.1) is 6.54 Å². The van der Waals surface area contributed by atoms with Gasteiger partial charge in [-0.3, -0.25) is 4.79 Å². The molecule has 0 spiro atoms. The van der Waals surface area contributed by atoms with Crippen LogP contribution in [0.2, 0.25) is 0 Å². The SMILES string of the molecule is Cc1ccc(F)c(NCC(=O)NCC(C)C)c1F. The third kappa shape index (κ3) is 3.98. The second-order valence-corrected chi connectivity index (χ2v) is 4.60. The molecule has 1 aromatic rings. The van der Waals surface area contributed by atoms with Gasteiger partial charge < -0.3 is 10.6 Å². The minimum Gasteiger partial charge on any atom is -0.371 e. The molecule has 1 rings (SSSR count). The molecule has 18 heavy (non-hydrogen) atoms. The summed E-state index contributed by atoms with van der Waals surface area (Å²) in [6.45, 7) is 5.86. The lowest BCUT2D eigenvalue weighted by molar-refractivity contribution is -0.119. The normalized spacial score (nSPS) is 10.6. The monoisotopic (exact) mass is 256 g/mol. The number of rotatable bonds is 5. The summed E-state index contributed by atoms with van der Waals surface area (Å²) in [5.41, 5.74) is 0.0798. The van der Waals surface area contributed by atoms with E-state index in [9.17, 15) is 13.6 Å². The van der Waals surface area contributed by atoms with E-state index in [1.165, 1.54) is 12.1 Å². The fourth-order valence-electron chi connectivity index (χ4n) is 1.37. The third-order valence-corrected chi connectivity index (χ3v) is 2.42. The van der Waals surface area contributed by atoms with Crippen LogP contribution in [0.25, 0.3) is 0 Å². The van der Waals surface area contributed by atoms with Crippen LogP contribution in [0.3, 0.4) is 0 Å². The summed E-state index contributed by atoms with van der Waals surface area (Å²) < 4.78 is 27.0. The first-order chi connectivity index (χ1) is 8.41. The van der Waals surface area contributed by atoms with Crippen molar-refractivity contribution in [2.75, 3.05) is 18.4 Å². The van der Waals surface area contributed by atoms with Crippen LogP contribution in [0.1, 0.15) is 19.4 Å². The average molecular weight is 256 g/mol. The van der Waals surface area contributed by atoms with Crippen molar-refractivity contribution in [2.45, 2.75) is 20.8 Å². The summed E-state index contributed by atoms with van der Waals surface area (Å²) in [5.74, 6) is -1.31. The van der Waals surface area contributed by atoms with Crippen LogP contribution >= 0.6 is 0 Å². The molecule has 0 radical (unpaired) electrons. The van der Waals surface area contributed by atoms with Gasteiger partial charge in [-0.15, -0.1) is 0 Å². The summed E-state index contributed by atoms with van der Waals surface area (Å²) in [5, 5.41) is 5.14. The number of benzene rings is 1. The number of halogens is 2. The molecular formula is C13H18F2N2O. The first-order valence-corrected chi connectivity index (χ1v) is 5.87. The Morgan fingerprint density at radius 3 is 2.61 bits per heavy atom. The number of aryl methyl sites for hydroxylation is 1. The zero-order valence-electron chi connectivity index (χ0n) is 10.8. The Hall–Kier alpha value is -1.65. The molecular weight excluding hydrogens is 238 g/mol. The molecule has 0 saturated carbocycles. The fourth-order valence-corrected chi connectivity index (χ4v) is 1.37. The summed E-state index contributed by atoms with van der Waals surface area (Å²) in [7, 11) is 0.